The summed E-state index contributed by atoms with van der Waals surface area (Å²) in [6.07, 6.45) is 1.69. The van der Waals surface area contributed by atoms with Crippen molar-refractivity contribution in [2.45, 2.75) is 20.4 Å². The lowest BCUT2D eigenvalue weighted by molar-refractivity contribution is -0.384. The van der Waals surface area contributed by atoms with Crippen molar-refractivity contribution in [3.8, 4) is 11.1 Å². The first-order valence-corrected chi connectivity index (χ1v) is 9.36. The maximum Gasteiger partial charge on any atom is 0.293 e. The minimum atomic E-state index is -0.510. The standard InChI is InChI=1S/C22H19N5O3/c1-14-8-9-18(19(12-14)27(29)30)24-20(28)13-26-22-21(15(2)25-26)17(10-11-23-22)16-6-4-3-5-7-16/h3-12H,13H2,1-2H3,(H,24,28). The molecule has 2 aromatic heterocycles. The van der Waals surface area contributed by atoms with Gasteiger partial charge in [-0.25, -0.2) is 9.67 Å². The molecule has 1 amide bonds. The third-order valence-electron chi connectivity index (χ3n) is 4.81. The Balaban J connectivity index is 1.66. The highest BCUT2D eigenvalue weighted by molar-refractivity contribution is 5.97. The summed E-state index contributed by atoms with van der Waals surface area (Å²) in [6, 6.07) is 16.5. The van der Waals surface area contributed by atoms with Gasteiger partial charge in [-0.2, -0.15) is 5.10 Å². The molecule has 0 atom stereocenters. The minimum absolute atomic E-state index is 0.111. The molecule has 8 nitrogen and oxygen atoms in total. The first kappa shape index (κ1) is 19.3. The summed E-state index contributed by atoms with van der Waals surface area (Å²) in [5.74, 6) is -0.418. The summed E-state index contributed by atoms with van der Waals surface area (Å²) in [6.45, 7) is 3.52. The van der Waals surface area contributed by atoms with Crippen molar-refractivity contribution in [2.75, 3.05) is 5.32 Å². The number of amides is 1. The van der Waals surface area contributed by atoms with Crippen LogP contribution in [0.1, 0.15) is 11.3 Å². The molecule has 2 heterocycles. The topological polar surface area (TPSA) is 103 Å². The molecule has 0 aliphatic heterocycles. The third-order valence-corrected chi connectivity index (χ3v) is 4.81. The van der Waals surface area contributed by atoms with Crippen molar-refractivity contribution in [1.29, 1.82) is 0 Å². The lowest BCUT2D eigenvalue weighted by Crippen LogP contribution is -2.20. The Morgan fingerprint density at radius 3 is 2.63 bits per heavy atom. The molecule has 0 bridgehead atoms. The Bertz CT molecular complexity index is 1260. The number of nitrogens with one attached hydrogen (secondary N) is 1. The number of rotatable bonds is 5. The number of nitro benzene ring substituents is 1. The average Bonchev–Trinajstić information content (AvgIpc) is 3.05. The lowest BCUT2D eigenvalue weighted by Gasteiger charge is -2.08. The van der Waals surface area contributed by atoms with Crippen molar-refractivity contribution in [2.24, 2.45) is 0 Å². The van der Waals surface area contributed by atoms with E-state index in [1.807, 2.05) is 43.3 Å². The van der Waals surface area contributed by atoms with Crippen LogP contribution in [-0.4, -0.2) is 25.6 Å². The number of anilines is 1. The van der Waals surface area contributed by atoms with Gasteiger partial charge in [0.25, 0.3) is 5.69 Å². The molecule has 0 spiro atoms. The summed E-state index contributed by atoms with van der Waals surface area (Å²) in [4.78, 5) is 27.8. The summed E-state index contributed by atoms with van der Waals surface area (Å²) in [5.41, 5.74) is 4.11. The summed E-state index contributed by atoms with van der Waals surface area (Å²) >= 11 is 0. The number of nitro groups is 1. The van der Waals surface area contributed by atoms with E-state index in [2.05, 4.69) is 15.4 Å². The molecule has 150 valence electrons. The fourth-order valence-electron chi connectivity index (χ4n) is 3.47. The van der Waals surface area contributed by atoms with Crippen molar-refractivity contribution in [3.63, 3.8) is 0 Å². The van der Waals surface area contributed by atoms with Crippen LogP contribution in [0, 0.1) is 24.0 Å². The molecular formula is C22H19N5O3. The average molecular weight is 401 g/mol. The fraction of sp³-hybridized carbons (Fsp3) is 0.136. The molecule has 0 fully saturated rings. The fourth-order valence-corrected chi connectivity index (χ4v) is 3.47. The van der Waals surface area contributed by atoms with Gasteiger partial charge in [-0.05, 0) is 42.7 Å². The first-order valence-electron chi connectivity index (χ1n) is 9.36. The number of aryl methyl sites for hydroxylation is 2. The van der Waals surface area contributed by atoms with Crippen molar-refractivity contribution < 1.29 is 9.72 Å². The van der Waals surface area contributed by atoms with E-state index < -0.39 is 10.8 Å². The minimum Gasteiger partial charge on any atom is -0.319 e. The molecule has 0 aliphatic rings. The van der Waals surface area contributed by atoms with E-state index in [4.69, 9.17) is 0 Å². The first-order chi connectivity index (χ1) is 14.4. The quantitative estimate of drug-likeness (QED) is 0.397. The molecule has 30 heavy (non-hydrogen) atoms. The molecule has 8 heteroatoms. The van der Waals surface area contributed by atoms with E-state index in [0.717, 1.165) is 27.8 Å². The Morgan fingerprint density at radius 1 is 1.13 bits per heavy atom. The van der Waals surface area contributed by atoms with Gasteiger partial charge in [0.05, 0.1) is 10.6 Å². The SMILES string of the molecule is Cc1ccc(NC(=O)Cn2nc(C)c3c(-c4ccccc4)ccnc32)c([N+](=O)[O-])c1. The van der Waals surface area contributed by atoms with Gasteiger partial charge in [0.1, 0.15) is 12.2 Å². The maximum atomic E-state index is 12.6. The largest absolute Gasteiger partial charge is 0.319 e. The number of pyridine rings is 1. The normalized spacial score (nSPS) is 10.9. The Hall–Kier alpha value is -4.07. The predicted molar refractivity (Wildman–Crippen MR) is 114 cm³/mol. The van der Waals surface area contributed by atoms with Crippen LogP contribution in [0.4, 0.5) is 11.4 Å². The van der Waals surface area contributed by atoms with Crippen molar-refractivity contribution in [1.82, 2.24) is 14.8 Å². The molecule has 0 saturated carbocycles. The second kappa shape index (κ2) is 7.75. The van der Waals surface area contributed by atoms with Crippen LogP contribution in [0.25, 0.3) is 22.2 Å². The van der Waals surface area contributed by atoms with Crippen LogP contribution >= 0.6 is 0 Å². The van der Waals surface area contributed by atoms with Gasteiger partial charge in [-0.15, -0.1) is 0 Å². The zero-order valence-electron chi connectivity index (χ0n) is 16.5. The number of hydrogen-bond donors (Lipinski definition) is 1. The number of aromatic nitrogens is 3. The lowest BCUT2D eigenvalue weighted by atomic mass is 10.0. The van der Waals surface area contributed by atoms with E-state index in [0.29, 0.717) is 5.65 Å². The molecule has 0 unspecified atom stereocenters. The van der Waals surface area contributed by atoms with Gasteiger partial charge in [0.15, 0.2) is 5.65 Å². The number of fused-ring (bicyclic) bond motifs is 1. The van der Waals surface area contributed by atoms with Crippen LogP contribution in [0.15, 0.2) is 60.8 Å². The van der Waals surface area contributed by atoms with E-state index >= 15 is 0 Å². The van der Waals surface area contributed by atoms with Crippen molar-refractivity contribution >= 4 is 28.3 Å². The number of hydrogen-bond acceptors (Lipinski definition) is 5. The predicted octanol–water partition coefficient (Wildman–Crippen LogP) is 4.26. The zero-order valence-corrected chi connectivity index (χ0v) is 16.5. The number of benzene rings is 2. The molecule has 0 saturated heterocycles. The number of carbonyl (C=O) groups is 1. The number of nitrogens with zero attached hydrogens (tertiary/aromatic N) is 4. The van der Waals surface area contributed by atoms with Gasteiger partial charge in [0, 0.05) is 17.6 Å². The Kier molecular flexibility index (Phi) is 4.97. The highest BCUT2D eigenvalue weighted by Crippen LogP contribution is 2.30. The van der Waals surface area contributed by atoms with Crippen LogP contribution in [-0.2, 0) is 11.3 Å². The highest BCUT2D eigenvalue weighted by Gasteiger charge is 2.19. The van der Waals surface area contributed by atoms with Crippen LogP contribution in [0.2, 0.25) is 0 Å². The van der Waals surface area contributed by atoms with Gasteiger partial charge in [-0.1, -0.05) is 36.4 Å². The second-order valence-corrected chi connectivity index (χ2v) is 6.99. The zero-order chi connectivity index (χ0) is 21.3. The smallest absolute Gasteiger partial charge is 0.293 e. The van der Waals surface area contributed by atoms with Gasteiger partial charge >= 0.3 is 0 Å². The van der Waals surface area contributed by atoms with Crippen LogP contribution in [0.3, 0.4) is 0 Å². The molecule has 0 radical (unpaired) electrons. The van der Waals surface area contributed by atoms with Crippen LogP contribution in [0.5, 0.6) is 0 Å². The molecule has 2 aromatic carbocycles. The second-order valence-electron chi connectivity index (χ2n) is 6.99. The Morgan fingerprint density at radius 2 is 1.90 bits per heavy atom. The molecule has 0 aliphatic carbocycles. The monoisotopic (exact) mass is 401 g/mol. The van der Waals surface area contributed by atoms with Gasteiger partial charge < -0.3 is 5.32 Å². The van der Waals surface area contributed by atoms with E-state index in [1.54, 1.807) is 19.2 Å². The van der Waals surface area contributed by atoms with E-state index in [-0.39, 0.29) is 17.9 Å². The number of carbonyl (C=O) groups excluding carboxylic acids is 1. The molecule has 4 aromatic rings. The molecule has 1 N–H and O–H groups in total. The summed E-state index contributed by atoms with van der Waals surface area (Å²) in [5, 5.41) is 19.3. The summed E-state index contributed by atoms with van der Waals surface area (Å²) in [7, 11) is 0. The summed E-state index contributed by atoms with van der Waals surface area (Å²) < 4.78 is 1.52. The molecular weight excluding hydrogens is 382 g/mol. The third kappa shape index (κ3) is 3.62. The highest BCUT2D eigenvalue weighted by atomic mass is 16.6. The van der Waals surface area contributed by atoms with Gasteiger partial charge in [0.2, 0.25) is 5.91 Å². The van der Waals surface area contributed by atoms with Crippen LogP contribution < -0.4 is 5.32 Å². The Labute approximate surface area is 172 Å². The molecule has 4 rings (SSSR count). The van der Waals surface area contributed by atoms with E-state index in [1.165, 1.54) is 16.8 Å². The maximum absolute atomic E-state index is 12.6. The van der Waals surface area contributed by atoms with E-state index in [9.17, 15) is 14.9 Å². The van der Waals surface area contributed by atoms with Crippen molar-refractivity contribution in [3.05, 3.63) is 82.2 Å². The van der Waals surface area contributed by atoms with Gasteiger partial charge in [-0.3, -0.25) is 14.9 Å².